The Labute approximate surface area is 145 Å². The number of carbonyl (C=O) groups is 1. The topological polar surface area (TPSA) is 54.0 Å². The molecule has 1 heterocycles. The van der Waals surface area contributed by atoms with Crippen molar-refractivity contribution in [2.24, 2.45) is 0 Å². The van der Waals surface area contributed by atoms with Crippen molar-refractivity contribution in [3.63, 3.8) is 0 Å². The van der Waals surface area contributed by atoms with Crippen LogP contribution in [0.2, 0.25) is 0 Å². The normalized spacial score (nSPS) is 10.9. The van der Waals surface area contributed by atoms with Crippen LogP contribution in [0.1, 0.15) is 28.4 Å². The number of ketones is 1. The van der Waals surface area contributed by atoms with Crippen molar-refractivity contribution in [1.82, 2.24) is 0 Å². The van der Waals surface area contributed by atoms with Gasteiger partial charge >= 0.3 is 0 Å². The molecule has 0 bridgehead atoms. The second kappa shape index (κ2) is 5.61. The number of hydrogen-bond donors (Lipinski definition) is 0. The number of Topliss-reactive ketones (excluding diaryl/α,β-unsaturated/α-hetero) is 1. The minimum atomic E-state index is -0.0486. The predicted molar refractivity (Wildman–Crippen MR) is 98.6 cm³/mol. The summed E-state index contributed by atoms with van der Waals surface area (Å²) < 4.78 is 6.16. The fraction of sp³-hybridized carbons (Fsp3) is 0.0909. The molecular formula is C22H15NO2. The van der Waals surface area contributed by atoms with Gasteiger partial charge in [0.25, 0.3) is 0 Å². The summed E-state index contributed by atoms with van der Waals surface area (Å²) >= 11 is 0. The molecule has 0 amide bonds. The van der Waals surface area contributed by atoms with Gasteiger partial charge in [-0.3, -0.25) is 4.79 Å². The zero-order valence-corrected chi connectivity index (χ0v) is 14.0. The lowest BCUT2D eigenvalue weighted by Crippen LogP contribution is -1.93. The Balaban J connectivity index is 2.22. The smallest absolute Gasteiger partial charge is 0.163 e. The van der Waals surface area contributed by atoms with Crippen LogP contribution in [0.5, 0.6) is 0 Å². The van der Waals surface area contributed by atoms with Crippen LogP contribution in [0, 0.1) is 18.3 Å². The van der Waals surface area contributed by atoms with Crippen LogP contribution in [0.3, 0.4) is 0 Å². The molecule has 0 aliphatic carbocycles. The molecule has 3 aromatic carbocycles. The minimum absolute atomic E-state index is 0.0486. The molecule has 3 nitrogen and oxygen atoms in total. The molecule has 0 aliphatic rings. The van der Waals surface area contributed by atoms with Gasteiger partial charge in [0.2, 0.25) is 0 Å². The highest BCUT2D eigenvalue weighted by atomic mass is 16.3. The molecule has 0 N–H and O–H groups in total. The van der Waals surface area contributed by atoms with Gasteiger partial charge in [0.05, 0.1) is 17.2 Å². The third kappa shape index (κ3) is 2.31. The Bertz CT molecular complexity index is 1180. The predicted octanol–water partition coefficient (Wildman–Crippen LogP) is 5.64. The maximum atomic E-state index is 12.1. The van der Waals surface area contributed by atoms with E-state index in [4.69, 9.17) is 4.42 Å². The van der Waals surface area contributed by atoms with Gasteiger partial charge in [0.1, 0.15) is 11.2 Å². The third-order valence-electron chi connectivity index (χ3n) is 4.45. The Morgan fingerprint density at radius 3 is 2.48 bits per heavy atom. The molecule has 0 unspecified atom stereocenters. The molecule has 4 aromatic rings. The van der Waals surface area contributed by atoms with E-state index in [1.54, 1.807) is 0 Å². The largest absolute Gasteiger partial charge is 0.455 e. The van der Waals surface area contributed by atoms with E-state index in [0.29, 0.717) is 22.3 Å². The average molecular weight is 325 g/mol. The Morgan fingerprint density at radius 1 is 1.04 bits per heavy atom. The summed E-state index contributed by atoms with van der Waals surface area (Å²) in [6.07, 6.45) is 0. The molecule has 0 saturated heterocycles. The first-order valence-corrected chi connectivity index (χ1v) is 8.06. The van der Waals surface area contributed by atoms with Crippen LogP contribution in [-0.2, 0) is 0 Å². The Morgan fingerprint density at radius 2 is 1.80 bits per heavy atom. The zero-order chi connectivity index (χ0) is 17.6. The van der Waals surface area contributed by atoms with Gasteiger partial charge < -0.3 is 4.42 Å². The van der Waals surface area contributed by atoms with Crippen molar-refractivity contribution < 1.29 is 9.21 Å². The average Bonchev–Trinajstić information content (AvgIpc) is 3.00. The third-order valence-corrected chi connectivity index (χ3v) is 4.45. The number of rotatable bonds is 2. The number of benzene rings is 3. The number of nitriles is 1. The highest BCUT2D eigenvalue weighted by Gasteiger charge is 2.19. The molecule has 0 aliphatic heterocycles. The lowest BCUT2D eigenvalue weighted by molar-refractivity contribution is 0.101. The highest BCUT2D eigenvalue weighted by molar-refractivity contribution is 6.17. The van der Waals surface area contributed by atoms with Gasteiger partial charge in [-0.15, -0.1) is 0 Å². The van der Waals surface area contributed by atoms with Crippen LogP contribution in [0.15, 0.2) is 59.0 Å². The summed E-state index contributed by atoms with van der Waals surface area (Å²) in [4.78, 5) is 12.1. The fourth-order valence-electron chi connectivity index (χ4n) is 3.33. The SMILES string of the molecule is CC(=O)c1cc(C)cc2c1oc1c(-c3ccccc3)ccc(C#N)c12. The molecule has 0 spiro atoms. The van der Waals surface area contributed by atoms with Gasteiger partial charge in [-0.1, -0.05) is 30.3 Å². The summed E-state index contributed by atoms with van der Waals surface area (Å²) in [5.41, 5.74) is 5.19. The van der Waals surface area contributed by atoms with E-state index in [0.717, 1.165) is 27.5 Å². The minimum Gasteiger partial charge on any atom is -0.455 e. The van der Waals surface area contributed by atoms with E-state index in [1.807, 2.05) is 61.5 Å². The number of furan rings is 1. The highest BCUT2D eigenvalue weighted by Crippen LogP contribution is 2.39. The van der Waals surface area contributed by atoms with Gasteiger partial charge in [0, 0.05) is 16.3 Å². The van der Waals surface area contributed by atoms with Crippen molar-refractivity contribution in [2.45, 2.75) is 13.8 Å². The van der Waals surface area contributed by atoms with E-state index in [9.17, 15) is 10.1 Å². The van der Waals surface area contributed by atoms with E-state index >= 15 is 0 Å². The Hall–Kier alpha value is -3.38. The van der Waals surface area contributed by atoms with Crippen molar-refractivity contribution >= 4 is 27.7 Å². The summed E-state index contributed by atoms with van der Waals surface area (Å²) in [6, 6.07) is 19.7. The maximum Gasteiger partial charge on any atom is 0.163 e. The molecule has 0 radical (unpaired) electrons. The number of hydrogen-bond acceptors (Lipinski definition) is 3. The first-order chi connectivity index (χ1) is 12.1. The molecule has 0 fully saturated rings. The lowest BCUT2D eigenvalue weighted by atomic mass is 9.97. The molecule has 25 heavy (non-hydrogen) atoms. The van der Waals surface area contributed by atoms with Gasteiger partial charge in [0.15, 0.2) is 5.78 Å². The summed E-state index contributed by atoms with van der Waals surface area (Å²) in [5, 5.41) is 11.1. The molecule has 3 heteroatoms. The van der Waals surface area contributed by atoms with Crippen LogP contribution >= 0.6 is 0 Å². The maximum absolute atomic E-state index is 12.1. The van der Waals surface area contributed by atoms with Crippen LogP contribution in [0.25, 0.3) is 33.1 Å². The molecule has 1 aromatic heterocycles. The molecule has 4 rings (SSSR count). The lowest BCUT2D eigenvalue weighted by Gasteiger charge is -2.03. The molecular weight excluding hydrogens is 310 g/mol. The van der Waals surface area contributed by atoms with Crippen LogP contribution in [-0.4, -0.2) is 5.78 Å². The van der Waals surface area contributed by atoms with Crippen molar-refractivity contribution in [2.75, 3.05) is 0 Å². The van der Waals surface area contributed by atoms with Gasteiger partial charge in [-0.2, -0.15) is 5.26 Å². The van der Waals surface area contributed by atoms with E-state index < -0.39 is 0 Å². The summed E-state index contributed by atoms with van der Waals surface area (Å²) in [6.45, 7) is 3.47. The zero-order valence-electron chi connectivity index (χ0n) is 14.0. The van der Waals surface area contributed by atoms with Crippen LogP contribution in [0.4, 0.5) is 0 Å². The fourth-order valence-corrected chi connectivity index (χ4v) is 3.33. The summed E-state index contributed by atoms with van der Waals surface area (Å²) in [5.74, 6) is -0.0486. The molecule has 0 saturated carbocycles. The van der Waals surface area contributed by atoms with Crippen molar-refractivity contribution in [1.29, 1.82) is 5.26 Å². The van der Waals surface area contributed by atoms with Gasteiger partial charge in [-0.05, 0) is 49.2 Å². The first-order valence-electron chi connectivity index (χ1n) is 8.06. The number of carbonyl (C=O) groups excluding carboxylic acids is 1. The number of nitrogens with zero attached hydrogens (tertiary/aromatic N) is 1. The number of aryl methyl sites for hydroxylation is 1. The Kier molecular flexibility index (Phi) is 3.40. The molecule has 0 atom stereocenters. The standard InChI is InChI=1S/C22H15NO2/c1-13-10-18(14(2)24)21-19(11-13)20-16(12-23)8-9-17(22(20)25-21)15-6-4-3-5-7-15/h3-11H,1-2H3. The summed E-state index contributed by atoms with van der Waals surface area (Å²) in [7, 11) is 0. The number of fused-ring (bicyclic) bond motifs is 3. The monoisotopic (exact) mass is 325 g/mol. The van der Waals surface area contributed by atoms with Crippen molar-refractivity contribution in [3.8, 4) is 17.2 Å². The van der Waals surface area contributed by atoms with E-state index in [2.05, 4.69) is 6.07 Å². The second-order valence-electron chi connectivity index (χ2n) is 6.19. The van der Waals surface area contributed by atoms with Crippen LogP contribution < -0.4 is 0 Å². The van der Waals surface area contributed by atoms with Crippen molar-refractivity contribution in [3.05, 3.63) is 71.3 Å². The first kappa shape index (κ1) is 15.2. The van der Waals surface area contributed by atoms with E-state index in [-0.39, 0.29) is 5.78 Å². The quantitative estimate of drug-likeness (QED) is 0.448. The second-order valence-corrected chi connectivity index (χ2v) is 6.19. The van der Waals surface area contributed by atoms with E-state index in [1.165, 1.54) is 6.92 Å². The van der Waals surface area contributed by atoms with Gasteiger partial charge in [-0.25, -0.2) is 0 Å². The molecule has 120 valence electrons.